The molecule has 1 unspecified atom stereocenters. The number of amides is 1. The summed E-state index contributed by atoms with van der Waals surface area (Å²) in [7, 11) is 0. The van der Waals surface area contributed by atoms with Gasteiger partial charge in [0.1, 0.15) is 5.82 Å². The molecule has 5 nitrogen and oxygen atoms in total. The number of halogens is 1. The number of aryl methyl sites for hydroxylation is 2. The van der Waals surface area contributed by atoms with Crippen LogP contribution in [0.3, 0.4) is 0 Å². The third kappa shape index (κ3) is 2.73. The van der Waals surface area contributed by atoms with E-state index in [0.717, 1.165) is 18.4 Å². The second-order valence-corrected chi connectivity index (χ2v) is 5.66. The summed E-state index contributed by atoms with van der Waals surface area (Å²) in [6, 6.07) is 4.76. The van der Waals surface area contributed by atoms with E-state index in [1.54, 1.807) is 12.1 Å². The minimum atomic E-state index is -0.392. The quantitative estimate of drug-likeness (QED) is 0.871. The molecule has 22 heavy (non-hydrogen) atoms. The molecule has 1 aromatic heterocycles. The van der Waals surface area contributed by atoms with E-state index in [0.29, 0.717) is 23.9 Å². The maximum Gasteiger partial charge on any atom is 0.232 e. The van der Waals surface area contributed by atoms with Crippen LogP contribution in [0.2, 0.25) is 0 Å². The molecule has 0 saturated carbocycles. The molecule has 6 heteroatoms. The fourth-order valence-corrected chi connectivity index (χ4v) is 2.69. The Labute approximate surface area is 128 Å². The first-order valence-electron chi connectivity index (χ1n) is 7.47. The fourth-order valence-electron chi connectivity index (χ4n) is 2.69. The Morgan fingerprint density at radius 1 is 1.45 bits per heavy atom. The van der Waals surface area contributed by atoms with Gasteiger partial charge in [0.2, 0.25) is 11.8 Å². The van der Waals surface area contributed by atoms with Crippen molar-refractivity contribution in [2.45, 2.75) is 39.0 Å². The van der Waals surface area contributed by atoms with Crippen LogP contribution in [0.5, 0.6) is 0 Å². The molecular formula is C16H18FN3O2. The zero-order chi connectivity index (χ0) is 15.7. The predicted octanol–water partition coefficient (Wildman–Crippen LogP) is 2.99. The van der Waals surface area contributed by atoms with Gasteiger partial charge < -0.3 is 9.42 Å². The molecule has 1 amide bonds. The predicted molar refractivity (Wildman–Crippen MR) is 79.1 cm³/mol. The maximum absolute atomic E-state index is 14.0. The fraction of sp³-hybridized carbons (Fsp3) is 0.438. The Kier molecular flexibility index (Phi) is 3.92. The number of hydrogen-bond acceptors (Lipinski definition) is 4. The number of anilines is 1. The topological polar surface area (TPSA) is 59.2 Å². The molecule has 116 valence electrons. The number of carbonyl (C=O) groups is 1. The van der Waals surface area contributed by atoms with Crippen molar-refractivity contribution in [3.63, 3.8) is 0 Å². The molecule has 1 aromatic carbocycles. The van der Waals surface area contributed by atoms with E-state index in [4.69, 9.17) is 4.52 Å². The Morgan fingerprint density at radius 2 is 2.27 bits per heavy atom. The summed E-state index contributed by atoms with van der Waals surface area (Å²) in [6.45, 7) is 4.28. The lowest BCUT2D eigenvalue weighted by molar-refractivity contribution is -0.117. The van der Waals surface area contributed by atoms with Crippen molar-refractivity contribution in [3.05, 3.63) is 41.3 Å². The highest BCUT2D eigenvalue weighted by Gasteiger charge is 2.36. The zero-order valence-corrected chi connectivity index (χ0v) is 12.7. The summed E-state index contributed by atoms with van der Waals surface area (Å²) >= 11 is 0. The van der Waals surface area contributed by atoms with Gasteiger partial charge in [-0.05, 0) is 31.0 Å². The minimum absolute atomic E-state index is 0.121. The van der Waals surface area contributed by atoms with E-state index >= 15 is 0 Å². The first-order valence-corrected chi connectivity index (χ1v) is 7.47. The van der Waals surface area contributed by atoms with Crippen molar-refractivity contribution in [1.82, 2.24) is 10.1 Å². The number of nitrogens with zero attached hydrogens (tertiary/aromatic N) is 3. The summed E-state index contributed by atoms with van der Waals surface area (Å²) in [5.74, 6) is 0.435. The highest BCUT2D eigenvalue weighted by atomic mass is 19.1. The zero-order valence-electron chi connectivity index (χ0n) is 12.7. The van der Waals surface area contributed by atoms with Crippen LogP contribution in [0.1, 0.15) is 43.0 Å². The Bertz CT molecular complexity index is 698. The average Bonchev–Trinajstić information content (AvgIpc) is 3.09. The molecule has 1 fully saturated rings. The van der Waals surface area contributed by atoms with Gasteiger partial charge in [0.15, 0.2) is 5.82 Å². The van der Waals surface area contributed by atoms with Crippen LogP contribution in [-0.2, 0) is 11.2 Å². The SMILES string of the molecule is CCCc1noc(C2CC(=O)N(c3cc(C)ccc3F)C2)n1. The molecule has 3 rings (SSSR count). The molecule has 0 bridgehead atoms. The van der Waals surface area contributed by atoms with E-state index in [1.165, 1.54) is 11.0 Å². The first-order chi connectivity index (χ1) is 10.6. The van der Waals surface area contributed by atoms with Gasteiger partial charge in [-0.1, -0.05) is 18.1 Å². The van der Waals surface area contributed by atoms with Crippen LogP contribution in [-0.4, -0.2) is 22.6 Å². The van der Waals surface area contributed by atoms with E-state index in [9.17, 15) is 9.18 Å². The molecule has 2 heterocycles. The van der Waals surface area contributed by atoms with Gasteiger partial charge in [-0.3, -0.25) is 4.79 Å². The molecule has 1 aliphatic heterocycles. The lowest BCUT2D eigenvalue weighted by Gasteiger charge is -2.17. The minimum Gasteiger partial charge on any atom is -0.339 e. The van der Waals surface area contributed by atoms with Crippen LogP contribution >= 0.6 is 0 Å². The van der Waals surface area contributed by atoms with Gasteiger partial charge in [0, 0.05) is 19.4 Å². The summed E-state index contributed by atoms with van der Waals surface area (Å²) in [4.78, 5) is 18.0. The average molecular weight is 303 g/mol. The lowest BCUT2D eigenvalue weighted by atomic mass is 10.1. The molecule has 1 saturated heterocycles. The molecule has 0 aliphatic carbocycles. The van der Waals surface area contributed by atoms with E-state index in [-0.39, 0.29) is 18.2 Å². The lowest BCUT2D eigenvalue weighted by Crippen LogP contribution is -2.25. The monoisotopic (exact) mass is 303 g/mol. The van der Waals surface area contributed by atoms with Crippen LogP contribution < -0.4 is 4.90 Å². The van der Waals surface area contributed by atoms with Crippen LogP contribution in [0.4, 0.5) is 10.1 Å². The molecule has 2 aromatic rings. The normalized spacial score (nSPS) is 18.2. The molecular weight excluding hydrogens is 285 g/mol. The molecule has 1 aliphatic rings. The van der Waals surface area contributed by atoms with Crippen LogP contribution in [0.15, 0.2) is 22.7 Å². The highest BCUT2D eigenvalue weighted by Crippen LogP contribution is 2.32. The van der Waals surface area contributed by atoms with Gasteiger partial charge >= 0.3 is 0 Å². The number of aromatic nitrogens is 2. The largest absolute Gasteiger partial charge is 0.339 e. The third-order valence-corrected chi connectivity index (χ3v) is 3.82. The standard InChI is InChI=1S/C16H18FN3O2/c1-3-4-14-18-16(22-19-14)11-8-15(21)20(9-11)13-7-10(2)5-6-12(13)17/h5-7,11H,3-4,8-9H2,1-2H3. The van der Waals surface area contributed by atoms with Gasteiger partial charge in [0.05, 0.1) is 11.6 Å². The van der Waals surface area contributed by atoms with E-state index < -0.39 is 5.82 Å². The van der Waals surface area contributed by atoms with Crippen molar-refractivity contribution in [2.24, 2.45) is 0 Å². The van der Waals surface area contributed by atoms with E-state index in [1.807, 2.05) is 13.8 Å². The van der Waals surface area contributed by atoms with Gasteiger partial charge in [0.25, 0.3) is 0 Å². The van der Waals surface area contributed by atoms with E-state index in [2.05, 4.69) is 10.1 Å². The summed E-state index contributed by atoms with van der Waals surface area (Å²) in [6.07, 6.45) is 1.95. The van der Waals surface area contributed by atoms with Crippen molar-refractivity contribution in [3.8, 4) is 0 Å². The molecule has 0 spiro atoms. The summed E-state index contributed by atoms with van der Waals surface area (Å²) < 4.78 is 19.2. The second kappa shape index (κ2) is 5.87. The number of benzene rings is 1. The van der Waals surface area contributed by atoms with Crippen LogP contribution in [0.25, 0.3) is 0 Å². The molecule has 0 N–H and O–H groups in total. The summed E-state index contributed by atoms with van der Waals surface area (Å²) in [5.41, 5.74) is 1.23. The number of rotatable bonds is 4. The van der Waals surface area contributed by atoms with Crippen LogP contribution in [0, 0.1) is 12.7 Å². The maximum atomic E-state index is 14.0. The third-order valence-electron chi connectivity index (χ3n) is 3.82. The number of hydrogen-bond donors (Lipinski definition) is 0. The summed E-state index contributed by atoms with van der Waals surface area (Å²) in [5, 5.41) is 3.91. The van der Waals surface area contributed by atoms with Crippen molar-refractivity contribution in [1.29, 1.82) is 0 Å². The van der Waals surface area contributed by atoms with Crippen molar-refractivity contribution >= 4 is 11.6 Å². The van der Waals surface area contributed by atoms with Gasteiger partial charge in [-0.25, -0.2) is 4.39 Å². The molecule has 1 atom stereocenters. The highest BCUT2D eigenvalue weighted by molar-refractivity contribution is 5.96. The van der Waals surface area contributed by atoms with Crippen molar-refractivity contribution < 1.29 is 13.7 Å². The smallest absolute Gasteiger partial charge is 0.232 e. The first kappa shape index (κ1) is 14.7. The second-order valence-electron chi connectivity index (χ2n) is 5.66. The van der Waals surface area contributed by atoms with Gasteiger partial charge in [-0.15, -0.1) is 0 Å². The number of carbonyl (C=O) groups excluding carboxylic acids is 1. The Balaban J connectivity index is 1.82. The molecule has 0 radical (unpaired) electrons. The Morgan fingerprint density at radius 3 is 3.05 bits per heavy atom. The van der Waals surface area contributed by atoms with Gasteiger partial charge in [-0.2, -0.15) is 4.98 Å². The Hall–Kier alpha value is -2.24. The van der Waals surface area contributed by atoms with Crippen molar-refractivity contribution in [2.75, 3.05) is 11.4 Å².